The number of rotatable bonds is 9. The summed E-state index contributed by atoms with van der Waals surface area (Å²) in [6, 6.07) is 15.6. The number of carbonyl (C=O) groups excluding carboxylic acids is 4. The highest BCUT2D eigenvalue weighted by atomic mass is 35.5. The molecule has 0 fully saturated rings. The predicted molar refractivity (Wildman–Crippen MR) is 171 cm³/mol. The van der Waals surface area contributed by atoms with E-state index in [1.54, 1.807) is 50.3 Å². The van der Waals surface area contributed by atoms with Gasteiger partial charge >= 0.3 is 17.9 Å². The Morgan fingerprint density at radius 1 is 0.891 bits per heavy atom. The molecule has 1 amide bonds. The van der Waals surface area contributed by atoms with E-state index in [4.69, 9.17) is 30.8 Å². The van der Waals surface area contributed by atoms with Crippen molar-refractivity contribution in [3.63, 3.8) is 0 Å². The van der Waals surface area contributed by atoms with E-state index in [9.17, 15) is 23.6 Å². The van der Waals surface area contributed by atoms with Crippen LogP contribution in [0.2, 0.25) is 5.02 Å². The van der Waals surface area contributed by atoms with Gasteiger partial charge in [0.05, 0.1) is 46.1 Å². The van der Waals surface area contributed by atoms with Gasteiger partial charge in [-0.15, -0.1) is 0 Å². The van der Waals surface area contributed by atoms with Crippen molar-refractivity contribution >= 4 is 63.7 Å². The summed E-state index contributed by atoms with van der Waals surface area (Å²) in [4.78, 5) is 56.2. The zero-order valence-electron chi connectivity index (χ0n) is 25.2. The van der Waals surface area contributed by atoms with E-state index in [1.165, 1.54) is 30.3 Å². The number of carbonyl (C=O) groups is 4. The minimum atomic E-state index is -0.734. The van der Waals surface area contributed by atoms with Crippen LogP contribution in [0.5, 0.6) is 0 Å². The number of pyridine rings is 1. The predicted octanol–water partition coefficient (Wildman–Crippen LogP) is 7.05. The second kappa shape index (κ2) is 14.3. The summed E-state index contributed by atoms with van der Waals surface area (Å²) in [6.07, 6.45) is 3.45. The zero-order chi connectivity index (χ0) is 32.8. The molecule has 0 bridgehead atoms. The monoisotopic (exact) mass is 644 g/mol. The van der Waals surface area contributed by atoms with Crippen LogP contribution in [0.3, 0.4) is 0 Å². The molecule has 0 aliphatic heterocycles. The molecule has 11 heteroatoms. The molecule has 46 heavy (non-hydrogen) atoms. The van der Waals surface area contributed by atoms with Crippen molar-refractivity contribution in [2.24, 2.45) is 0 Å². The first-order valence-corrected chi connectivity index (χ1v) is 15.1. The number of hydrogen-bond donors (Lipinski definition) is 1. The van der Waals surface area contributed by atoms with E-state index in [2.05, 4.69) is 5.32 Å². The second-order valence-corrected chi connectivity index (χ2v) is 10.8. The Hall–Kier alpha value is -5.09. The molecule has 3 aromatic carbocycles. The van der Waals surface area contributed by atoms with Gasteiger partial charge in [-0.05, 0) is 86.7 Å². The molecule has 1 aliphatic rings. The van der Waals surface area contributed by atoms with E-state index >= 15 is 0 Å². The highest BCUT2D eigenvalue weighted by Gasteiger charge is 2.27. The molecule has 1 aliphatic carbocycles. The van der Waals surface area contributed by atoms with Gasteiger partial charge in [0, 0.05) is 16.6 Å². The van der Waals surface area contributed by atoms with Crippen molar-refractivity contribution in [2.75, 3.05) is 25.1 Å². The molecule has 0 unspecified atom stereocenters. The number of esters is 3. The second-order valence-electron chi connectivity index (χ2n) is 10.4. The molecular weight excluding hydrogens is 615 g/mol. The van der Waals surface area contributed by atoms with Gasteiger partial charge in [-0.1, -0.05) is 35.9 Å². The molecule has 0 saturated carbocycles. The standard InChI is InChI=1S/C35H30ClFN2O7/c1-3-44-33(41)21-15-22(34(42)45-4-2)17-23(16-21)38-30(40)19-46-35(43)31-24-10-5-6-14-29(24)39-32-20(9-7-11-25(31)32)18-26-27(36)12-8-13-28(26)37/h5-6,8,10,12-18H,3-4,7,9,11,19H2,1-2H3,(H,38,40)/b20-18+. The average Bonchev–Trinajstić information content (AvgIpc) is 3.04. The maximum Gasteiger partial charge on any atom is 0.339 e. The fourth-order valence-electron chi connectivity index (χ4n) is 5.30. The van der Waals surface area contributed by atoms with Crippen LogP contribution in [-0.4, -0.2) is 48.6 Å². The number of nitrogens with one attached hydrogen (secondary N) is 1. The van der Waals surface area contributed by atoms with Crippen LogP contribution in [0.25, 0.3) is 22.6 Å². The lowest BCUT2D eigenvalue weighted by atomic mass is 9.86. The Labute approximate surface area is 269 Å². The minimum Gasteiger partial charge on any atom is -0.462 e. The number of ether oxygens (including phenoxy) is 3. The molecule has 236 valence electrons. The van der Waals surface area contributed by atoms with E-state index in [-0.39, 0.29) is 46.2 Å². The normalized spacial score (nSPS) is 13.2. The summed E-state index contributed by atoms with van der Waals surface area (Å²) in [5, 5.41) is 3.38. The molecule has 1 heterocycles. The first-order chi connectivity index (χ1) is 22.2. The van der Waals surface area contributed by atoms with Gasteiger partial charge in [-0.25, -0.2) is 23.8 Å². The van der Waals surface area contributed by atoms with Gasteiger partial charge in [0.25, 0.3) is 5.91 Å². The van der Waals surface area contributed by atoms with Gasteiger partial charge in [0.15, 0.2) is 6.61 Å². The van der Waals surface area contributed by atoms with E-state index < -0.39 is 36.2 Å². The van der Waals surface area contributed by atoms with Crippen molar-refractivity contribution < 1.29 is 37.8 Å². The first kappa shape index (κ1) is 32.3. The molecule has 0 saturated heterocycles. The van der Waals surface area contributed by atoms with Gasteiger partial charge < -0.3 is 19.5 Å². The number of amides is 1. The lowest BCUT2D eigenvalue weighted by Gasteiger charge is -2.22. The molecular formula is C35H30ClFN2O7. The highest BCUT2D eigenvalue weighted by molar-refractivity contribution is 6.32. The third kappa shape index (κ3) is 7.07. The van der Waals surface area contributed by atoms with Crippen LogP contribution in [-0.2, 0) is 25.4 Å². The number of hydrogen-bond acceptors (Lipinski definition) is 8. The van der Waals surface area contributed by atoms with Crippen molar-refractivity contribution in [3.05, 3.63) is 105 Å². The van der Waals surface area contributed by atoms with E-state index in [0.29, 0.717) is 41.4 Å². The van der Waals surface area contributed by atoms with Crippen LogP contribution >= 0.6 is 11.6 Å². The largest absolute Gasteiger partial charge is 0.462 e. The van der Waals surface area contributed by atoms with Gasteiger partial charge in [0.1, 0.15) is 5.82 Å². The summed E-state index contributed by atoms with van der Waals surface area (Å²) in [5.74, 6) is -3.28. The Morgan fingerprint density at radius 2 is 1.59 bits per heavy atom. The van der Waals surface area contributed by atoms with Gasteiger partial charge in [-0.2, -0.15) is 0 Å². The van der Waals surface area contributed by atoms with Crippen LogP contribution < -0.4 is 5.32 Å². The van der Waals surface area contributed by atoms with Gasteiger partial charge in [0.2, 0.25) is 0 Å². The average molecular weight is 645 g/mol. The molecule has 5 rings (SSSR count). The van der Waals surface area contributed by atoms with Crippen molar-refractivity contribution in [2.45, 2.75) is 33.1 Å². The Bertz CT molecular complexity index is 1830. The smallest absolute Gasteiger partial charge is 0.339 e. The SMILES string of the molecule is CCOC(=O)c1cc(NC(=O)COC(=O)c2c3c(nc4ccccc24)/C(=C/c2c(F)cccc2Cl)CCC3)cc(C(=O)OCC)c1. The highest BCUT2D eigenvalue weighted by Crippen LogP contribution is 2.37. The molecule has 9 nitrogen and oxygen atoms in total. The Morgan fingerprint density at radius 3 is 2.26 bits per heavy atom. The van der Waals surface area contributed by atoms with Gasteiger partial charge in [-0.3, -0.25) is 4.79 Å². The number of allylic oxidation sites excluding steroid dienone is 1. The molecule has 4 aromatic rings. The third-order valence-electron chi connectivity index (χ3n) is 7.27. The van der Waals surface area contributed by atoms with E-state index in [0.717, 1.165) is 5.57 Å². The quantitative estimate of drug-likeness (QED) is 0.152. The summed E-state index contributed by atoms with van der Waals surface area (Å²) in [6.45, 7) is 2.85. The number of nitrogens with zero attached hydrogens (tertiary/aromatic N) is 1. The maximum absolute atomic E-state index is 14.7. The molecule has 0 atom stereocenters. The molecule has 1 N–H and O–H groups in total. The summed E-state index contributed by atoms with van der Waals surface area (Å²) in [7, 11) is 0. The summed E-state index contributed by atoms with van der Waals surface area (Å²) < 4.78 is 30.2. The van der Waals surface area contributed by atoms with Crippen molar-refractivity contribution in [1.29, 1.82) is 0 Å². The lowest BCUT2D eigenvalue weighted by Crippen LogP contribution is -2.23. The maximum atomic E-state index is 14.7. The third-order valence-corrected chi connectivity index (χ3v) is 7.60. The topological polar surface area (TPSA) is 121 Å². The molecule has 0 radical (unpaired) electrons. The van der Waals surface area contributed by atoms with Crippen LogP contribution in [0.1, 0.15) is 74.6 Å². The zero-order valence-corrected chi connectivity index (χ0v) is 25.9. The van der Waals surface area contributed by atoms with Crippen molar-refractivity contribution in [1.82, 2.24) is 4.98 Å². The van der Waals surface area contributed by atoms with E-state index in [1.807, 2.05) is 0 Å². The molecule has 0 spiro atoms. The Balaban J connectivity index is 1.42. The number of halogens is 2. The summed E-state index contributed by atoms with van der Waals surface area (Å²) in [5.41, 5.74) is 3.14. The van der Waals surface area contributed by atoms with Crippen LogP contribution in [0, 0.1) is 5.82 Å². The number of benzene rings is 3. The lowest BCUT2D eigenvalue weighted by molar-refractivity contribution is -0.119. The summed E-state index contributed by atoms with van der Waals surface area (Å²) >= 11 is 6.30. The number of aromatic nitrogens is 1. The van der Waals surface area contributed by atoms with Crippen LogP contribution in [0.15, 0.2) is 60.7 Å². The number of anilines is 1. The van der Waals surface area contributed by atoms with Crippen LogP contribution in [0.4, 0.5) is 10.1 Å². The fourth-order valence-corrected chi connectivity index (χ4v) is 5.51. The minimum absolute atomic E-state index is 0.0371. The number of para-hydroxylation sites is 1. The van der Waals surface area contributed by atoms with Crippen molar-refractivity contribution in [3.8, 4) is 0 Å². The molecule has 1 aromatic heterocycles. The Kier molecular flexibility index (Phi) is 10.1. The first-order valence-electron chi connectivity index (χ1n) is 14.7. The fraction of sp³-hybridized carbons (Fsp3) is 0.229. The number of fused-ring (bicyclic) bond motifs is 2.